The normalized spacial score (nSPS) is 21.8. The first kappa shape index (κ1) is 14.2. The van der Waals surface area contributed by atoms with Crippen molar-refractivity contribution < 1.29 is 9.59 Å². The highest BCUT2D eigenvalue weighted by molar-refractivity contribution is 6.26. The van der Waals surface area contributed by atoms with Gasteiger partial charge < -0.3 is 5.32 Å². The number of aryl methyl sites for hydroxylation is 1. The SMILES string of the molecule is O=C1N[C@@]2(CCc3ccccc32)C(=O)N1c1cncc2ccccc12. The van der Waals surface area contributed by atoms with E-state index in [9.17, 15) is 9.59 Å². The van der Waals surface area contributed by atoms with Crippen molar-refractivity contribution in [3.05, 3.63) is 72.1 Å². The van der Waals surface area contributed by atoms with Gasteiger partial charge in [-0.1, -0.05) is 48.5 Å². The molecule has 3 aromatic rings. The van der Waals surface area contributed by atoms with Crippen LogP contribution in [-0.4, -0.2) is 16.9 Å². The molecule has 0 unspecified atom stereocenters. The second-order valence-corrected chi connectivity index (χ2v) is 6.51. The maximum Gasteiger partial charge on any atom is 0.330 e. The fraction of sp³-hybridized carbons (Fsp3) is 0.150. The van der Waals surface area contributed by atoms with Crippen molar-refractivity contribution in [3.63, 3.8) is 0 Å². The van der Waals surface area contributed by atoms with E-state index in [1.165, 1.54) is 4.90 Å². The highest BCUT2D eigenvalue weighted by Crippen LogP contribution is 2.43. The van der Waals surface area contributed by atoms with Crippen LogP contribution in [0.1, 0.15) is 17.5 Å². The lowest BCUT2D eigenvalue weighted by molar-refractivity contribution is -0.122. The Morgan fingerprint density at radius 2 is 1.80 bits per heavy atom. The van der Waals surface area contributed by atoms with Crippen LogP contribution in [-0.2, 0) is 16.8 Å². The predicted octanol–water partition coefficient (Wildman–Crippen LogP) is 3.13. The van der Waals surface area contributed by atoms with Crippen molar-refractivity contribution in [2.45, 2.75) is 18.4 Å². The summed E-state index contributed by atoms with van der Waals surface area (Å²) in [6.07, 6.45) is 4.69. The third kappa shape index (κ3) is 1.80. The van der Waals surface area contributed by atoms with Gasteiger partial charge >= 0.3 is 6.03 Å². The number of nitrogens with one attached hydrogen (secondary N) is 1. The van der Waals surface area contributed by atoms with Crippen LogP contribution in [0.5, 0.6) is 0 Å². The number of hydrogen-bond acceptors (Lipinski definition) is 3. The van der Waals surface area contributed by atoms with Gasteiger partial charge in [-0.25, -0.2) is 9.69 Å². The summed E-state index contributed by atoms with van der Waals surface area (Å²) in [5.74, 6) is -0.222. The first-order valence-electron chi connectivity index (χ1n) is 8.28. The van der Waals surface area contributed by atoms with Gasteiger partial charge in [-0.15, -0.1) is 0 Å². The lowest BCUT2D eigenvalue weighted by Gasteiger charge is -2.22. The van der Waals surface area contributed by atoms with Crippen LogP contribution < -0.4 is 10.2 Å². The molecule has 1 aliphatic carbocycles. The van der Waals surface area contributed by atoms with Crippen LogP contribution in [0.25, 0.3) is 10.8 Å². The van der Waals surface area contributed by atoms with E-state index in [-0.39, 0.29) is 11.9 Å². The second kappa shape index (κ2) is 4.89. The topological polar surface area (TPSA) is 62.3 Å². The molecule has 5 heteroatoms. The van der Waals surface area contributed by atoms with Crippen molar-refractivity contribution in [2.24, 2.45) is 0 Å². The maximum atomic E-state index is 13.4. The summed E-state index contributed by atoms with van der Waals surface area (Å²) >= 11 is 0. The van der Waals surface area contributed by atoms with Crippen LogP contribution in [0.15, 0.2) is 60.9 Å². The van der Waals surface area contributed by atoms with Gasteiger partial charge in [0.25, 0.3) is 5.91 Å². The van der Waals surface area contributed by atoms with Crippen LogP contribution in [0.4, 0.5) is 10.5 Å². The minimum atomic E-state index is -0.954. The lowest BCUT2D eigenvalue weighted by Crippen LogP contribution is -2.42. The molecule has 1 aliphatic heterocycles. The molecule has 0 radical (unpaired) electrons. The third-order valence-corrected chi connectivity index (χ3v) is 5.23. The number of pyridine rings is 1. The van der Waals surface area contributed by atoms with Crippen LogP contribution in [0.3, 0.4) is 0 Å². The van der Waals surface area contributed by atoms with E-state index in [2.05, 4.69) is 10.3 Å². The van der Waals surface area contributed by atoms with E-state index in [1.54, 1.807) is 12.4 Å². The van der Waals surface area contributed by atoms with E-state index in [0.717, 1.165) is 28.3 Å². The van der Waals surface area contributed by atoms with Crippen LogP contribution in [0, 0.1) is 0 Å². The maximum absolute atomic E-state index is 13.4. The first-order valence-corrected chi connectivity index (χ1v) is 8.28. The average molecular weight is 329 g/mol. The Morgan fingerprint density at radius 1 is 1.00 bits per heavy atom. The molecule has 0 bridgehead atoms. The van der Waals surface area contributed by atoms with Crippen LogP contribution >= 0.6 is 0 Å². The van der Waals surface area contributed by atoms with Crippen LogP contribution in [0.2, 0.25) is 0 Å². The summed E-state index contributed by atoms with van der Waals surface area (Å²) in [5.41, 5.74) is 1.60. The molecule has 5 rings (SSSR count). The number of urea groups is 1. The smallest absolute Gasteiger partial charge is 0.319 e. The van der Waals surface area contributed by atoms with Gasteiger partial charge in [-0.05, 0) is 24.0 Å². The molecule has 2 heterocycles. The summed E-state index contributed by atoms with van der Waals surface area (Å²) in [4.78, 5) is 31.6. The fourth-order valence-electron chi connectivity index (χ4n) is 4.04. The quantitative estimate of drug-likeness (QED) is 0.698. The van der Waals surface area contributed by atoms with E-state index >= 15 is 0 Å². The summed E-state index contributed by atoms with van der Waals surface area (Å²) < 4.78 is 0. The number of hydrogen-bond donors (Lipinski definition) is 1. The van der Waals surface area contributed by atoms with Crippen molar-refractivity contribution in [1.82, 2.24) is 10.3 Å². The zero-order valence-corrected chi connectivity index (χ0v) is 13.4. The van der Waals surface area contributed by atoms with Gasteiger partial charge in [-0.2, -0.15) is 0 Å². The van der Waals surface area contributed by atoms with Gasteiger partial charge in [0, 0.05) is 17.0 Å². The second-order valence-electron chi connectivity index (χ2n) is 6.51. The van der Waals surface area contributed by atoms with E-state index in [0.29, 0.717) is 12.1 Å². The summed E-state index contributed by atoms with van der Waals surface area (Å²) in [6, 6.07) is 15.1. The Balaban J connectivity index is 1.68. The Kier molecular flexibility index (Phi) is 2.77. The molecule has 1 saturated heterocycles. The third-order valence-electron chi connectivity index (χ3n) is 5.23. The first-order chi connectivity index (χ1) is 12.2. The summed E-state index contributed by atoms with van der Waals surface area (Å²) in [6.45, 7) is 0. The van der Waals surface area contributed by atoms with Crippen molar-refractivity contribution >= 4 is 28.4 Å². The number of carbonyl (C=O) groups is 2. The predicted molar refractivity (Wildman–Crippen MR) is 94.2 cm³/mol. The lowest BCUT2D eigenvalue weighted by atomic mass is 9.91. The number of benzene rings is 2. The molecule has 1 spiro atoms. The van der Waals surface area contributed by atoms with Crippen molar-refractivity contribution in [1.29, 1.82) is 0 Å². The monoisotopic (exact) mass is 329 g/mol. The average Bonchev–Trinajstić information content (AvgIpc) is 3.13. The molecule has 122 valence electrons. The molecule has 1 aromatic heterocycles. The standard InChI is InChI=1S/C20H15N3O2/c24-18-20(10-9-13-5-2-4-8-16(13)20)22-19(25)23(18)17-12-21-11-14-6-1-3-7-15(14)17/h1-8,11-12H,9-10H2,(H,22,25)/t20-/m1/s1. The molecular formula is C20H15N3O2. The van der Waals surface area contributed by atoms with E-state index in [1.807, 2.05) is 48.5 Å². The molecule has 2 aliphatic rings. The van der Waals surface area contributed by atoms with Crippen molar-refractivity contribution in [3.8, 4) is 0 Å². The Labute approximate surface area is 144 Å². The number of fused-ring (bicyclic) bond motifs is 3. The minimum Gasteiger partial charge on any atom is -0.319 e. The number of amides is 3. The number of imide groups is 1. The Morgan fingerprint density at radius 3 is 2.72 bits per heavy atom. The van der Waals surface area contributed by atoms with Gasteiger partial charge in [0.15, 0.2) is 0 Å². The molecule has 1 atom stereocenters. The molecule has 3 amide bonds. The summed E-state index contributed by atoms with van der Waals surface area (Å²) in [5, 5.41) is 4.69. The molecule has 5 nitrogen and oxygen atoms in total. The summed E-state index contributed by atoms with van der Waals surface area (Å²) in [7, 11) is 0. The Hall–Kier alpha value is -3.21. The highest BCUT2D eigenvalue weighted by atomic mass is 16.2. The molecule has 25 heavy (non-hydrogen) atoms. The molecule has 2 aromatic carbocycles. The Bertz CT molecular complexity index is 1040. The number of anilines is 1. The van der Waals surface area contributed by atoms with E-state index < -0.39 is 5.54 Å². The zero-order valence-electron chi connectivity index (χ0n) is 13.4. The molecule has 0 saturated carbocycles. The molecular weight excluding hydrogens is 314 g/mol. The van der Waals surface area contributed by atoms with E-state index in [4.69, 9.17) is 0 Å². The number of carbonyl (C=O) groups excluding carboxylic acids is 2. The fourth-order valence-corrected chi connectivity index (χ4v) is 4.04. The van der Waals surface area contributed by atoms with Crippen molar-refractivity contribution in [2.75, 3.05) is 4.90 Å². The zero-order chi connectivity index (χ0) is 17.0. The highest BCUT2D eigenvalue weighted by Gasteiger charge is 2.55. The van der Waals surface area contributed by atoms with Gasteiger partial charge in [0.05, 0.1) is 11.9 Å². The number of rotatable bonds is 1. The molecule has 1 N–H and O–H groups in total. The van der Waals surface area contributed by atoms with Gasteiger partial charge in [-0.3, -0.25) is 9.78 Å². The van der Waals surface area contributed by atoms with Gasteiger partial charge in [0.2, 0.25) is 0 Å². The number of nitrogens with zero attached hydrogens (tertiary/aromatic N) is 2. The largest absolute Gasteiger partial charge is 0.330 e. The van der Waals surface area contributed by atoms with Gasteiger partial charge in [0.1, 0.15) is 5.54 Å². The minimum absolute atomic E-state index is 0.222. The number of aromatic nitrogens is 1. The molecule has 1 fully saturated rings.